The van der Waals surface area contributed by atoms with Gasteiger partial charge in [0.05, 0.1) is 0 Å². The summed E-state index contributed by atoms with van der Waals surface area (Å²) >= 11 is 0. The first-order valence-corrected chi connectivity index (χ1v) is 6.72. The lowest BCUT2D eigenvalue weighted by atomic mass is 9.93. The minimum atomic E-state index is 0.129. The zero-order valence-electron chi connectivity index (χ0n) is 11.6. The van der Waals surface area contributed by atoms with Crippen LogP contribution in [-0.2, 0) is 11.3 Å². The second-order valence-electron chi connectivity index (χ2n) is 5.08. The van der Waals surface area contributed by atoms with Gasteiger partial charge in [0.2, 0.25) is 5.91 Å². The molecule has 1 aliphatic rings. The van der Waals surface area contributed by atoms with Crippen LogP contribution in [0.1, 0.15) is 24.8 Å². The largest absolute Gasteiger partial charge is 0.362 e. The number of hydrogen-bond acceptors (Lipinski definition) is 3. The van der Waals surface area contributed by atoms with E-state index in [0.717, 1.165) is 30.6 Å². The molecule has 2 rings (SSSR count). The van der Waals surface area contributed by atoms with Gasteiger partial charge in [-0.15, -0.1) is 0 Å². The van der Waals surface area contributed by atoms with Gasteiger partial charge >= 0.3 is 0 Å². The number of anilines is 1. The first-order valence-electron chi connectivity index (χ1n) is 6.72. The zero-order chi connectivity index (χ0) is 13.7. The minimum Gasteiger partial charge on any atom is -0.362 e. The number of hydrogen-bond donors (Lipinski definition) is 1. The third-order valence-corrected chi connectivity index (χ3v) is 3.38. The monoisotopic (exact) mass is 259 g/mol. The van der Waals surface area contributed by atoms with Gasteiger partial charge < -0.3 is 10.2 Å². The van der Waals surface area contributed by atoms with Crippen molar-refractivity contribution in [2.24, 2.45) is 5.92 Å². The van der Waals surface area contributed by atoms with Gasteiger partial charge in [-0.05, 0) is 25.3 Å². The number of carbonyl (C=O) groups is 1. The summed E-state index contributed by atoms with van der Waals surface area (Å²) in [5, 5.41) is 3.02. The summed E-state index contributed by atoms with van der Waals surface area (Å²) in [5.41, 5.74) is 1.05. The van der Waals surface area contributed by atoms with E-state index in [1.807, 2.05) is 31.1 Å². The molecule has 4 heteroatoms. The van der Waals surface area contributed by atoms with Crippen molar-refractivity contribution in [2.75, 3.05) is 19.0 Å². The van der Waals surface area contributed by atoms with E-state index in [1.54, 1.807) is 6.20 Å². The van der Waals surface area contributed by atoms with Crippen LogP contribution >= 0.6 is 0 Å². The second kappa shape index (κ2) is 6.36. The number of rotatable bonds is 4. The molecule has 0 aromatic carbocycles. The minimum absolute atomic E-state index is 0.129. The molecule has 0 saturated heterocycles. The van der Waals surface area contributed by atoms with E-state index < -0.39 is 0 Å². The molecule has 1 aromatic rings. The Morgan fingerprint density at radius 2 is 2.32 bits per heavy atom. The van der Waals surface area contributed by atoms with Gasteiger partial charge in [0, 0.05) is 38.3 Å². The number of carbonyl (C=O) groups excluding carboxylic acids is 1. The van der Waals surface area contributed by atoms with Crippen molar-refractivity contribution >= 4 is 11.7 Å². The molecule has 0 saturated carbocycles. The third-order valence-electron chi connectivity index (χ3n) is 3.38. The van der Waals surface area contributed by atoms with E-state index in [2.05, 4.69) is 22.5 Å². The summed E-state index contributed by atoms with van der Waals surface area (Å²) in [4.78, 5) is 18.4. The highest BCUT2D eigenvalue weighted by molar-refractivity contribution is 5.79. The smallest absolute Gasteiger partial charge is 0.223 e. The number of nitrogens with zero attached hydrogens (tertiary/aromatic N) is 2. The predicted octanol–water partition coefficient (Wildman–Crippen LogP) is 2.12. The molecule has 0 unspecified atom stereocenters. The van der Waals surface area contributed by atoms with Crippen LogP contribution in [-0.4, -0.2) is 25.0 Å². The van der Waals surface area contributed by atoms with Crippen LogP contribution in [0.5, 0.6) is 0 Å². The Morgan fingerprint density at radius 1 is 1.47 bits per heavy atom. The Kier molecular flexibility index (Phi) is 4.55. The third kappa shape index (κ3) is 3.56. The molecule has 0 bridgehead atoms. The van der Waals surface area contributed by atoms with Crippen LogP contribution in [0.25, 0.3) is 0 Å². The van der Waals surface area contributed by atoms with Crippen LogP contribution in [0.15, 0.2) is 30.5 Å². The summed E-state index contributed by atoms with van der Waals surface area (Å²) < 4.78 is 0. The number of aromatic nitrogens is 1. The van der Waals surface area contributed by atoms with E-state index in [1.165, 1.54) is 0 Å². The maximum Gasteiger partial charge on any atom is 0.223 e. The lowest BCUT2D eigenvalue weighted by molar-refractivity contribution is -0.125. The second-order valence-corrected chi connectivity index (χ2v) is 5.08. The van der Waals surface area contributed by atoms with Crippen molar-refractivity contribution in [1.82, 2.24) is 10.3 Å². The SMILES string of the molecule is CN(C)c1ncccc1CNC(=O)[C@@H]1CC=CCC1. The Labute approximate surface area is 114 Å². The fraction of sp³-hybridized carbons (Fsp3) is 0.467. The summed E-state index contributed by atoms with van der Waals surface area (Å²) in [7, 11) is 3.92. The first-order chi connectivity index (χ1) is 9.18. The average molecular weight is 259 g/mol. The Bertz CT molecular complexity index is 468. The fourth-order valence-corrected chi connectivity index (χ4v) is 2.33. The maximum atomic E-state index is 12.1. The van der Waals surface area contributed by atoms with Gasteiger partial charge in [-0.1, -0.05) is 18.2 Å². The molecule has 19 heavy (non-hydrogen) atoms. The molecule has 1 heterocycles. The molecule has 1 aromatic heterocycles. The standard InChI is InChI=1S/C15H21N3O/c1-18(2)14-13(9-6-10-16-14)11-17-15(19)12-7-4-3-5-8-12/h3-4,6,9-10,12H,5,7-8,11H2,1-2H3,(H,17,19)/t12-/m1/s1. The fourth-order valence-electron chi connectivity index (χ4n) is 2.33. The highest BCUT2D eigenvalue weighted by Gasteiger charge is 2.18. The van der Waals surface area contributed by atoms with E-state index in [9.17, 15) is 4.79 Å². The molecular formula is C15H21N3O. The number of pyridine rings is 1. The highest BCUT2D eigenvalue weighted by atomic mass is 16.1. The molecular weight excluding hydrogens is 238 g/mol. The van der Waals surface area contributed by atoms with Crippen LogP contribution in [0.2, 0.25) is 0 Å². The van der Waals surface area contributed by atoms with Crippen LogP contribution in [0.4, 0.5) is 5.82 Å². The maximum absolute atomic E-state index is 12.1. The topological polar surface area (TPSA) is 45.2 Å². The lowest BCUT2D eigenvalue weighted by Crippen LogP contribution is -2.31. The van der Waals surface area contributed by atoms with Crippen molar-refractivity contribution in [3.05, 3.63) is 36.0 Å². The quantitative estimate of drug-likeness (QED) is 0.842. The molecule has 0 radical (unpaired) electrons. The Balaban J connectivity index is 1.95. The Hall–Kier alpha value is -1.84. The van der Waals surface area contributed by atoms with E-state index in [4.69, 9.17) is 0 Å². The van der Waals surface area contributed by atoms with Crippen LogP contribution in [0.3, 0.4) is 0 Å². The van der Waals surface area contributed by atoms with Gasteiger partial charge in [0.25, 0.3) is 0 Å². The van der Waals surface area contributed by atoms with E-state index in [0.29, 0.717) is 6.54 Å². The molecule has 1 atom stereocenters. The number of allylic oxidation sites excluding steroid dienone is 2. The van der Waals surface area contributed by atoms with E-state index >= 15 is 0 Å². The molecule has 1 N–H and O–H groups in total. The lowest BCUT2D eigenvalue weighted by Gasteiger charge is -2.19. The normalized spacial score (nSPS) is 18.1. The van der Waals surface area contributed by atoms with Crippen molar-refractivity contribution in [3.63, 3.8) is 0 Å². The molecule has 1 aliphatic carbocycles. The molecule has 0 fully saturated rings. The van der Waals surface area contributed by atoms with Gasteiger partial charge in [0.15, 0.2) is 0 Å². The molecule has 1 amide bonds. The number of amides is 1. The molecule has 4 nitrogen and oxygen atoms in total. The van der Waals surface area contributed by atoms with Crippen molar-refractivity contribution in [2.45, 2.75) is 25.8 Å². The van der Waals surface area contributed by atoms with Crippen molar-refractivity contribution in [3.8, 4) is 0 Å². The summed E-state index contributed by atoms with van der Waals surface area (Å²) in [6, 6.07) is 3.90. The summed E-state index contributed by atoms with van der Waals surface area (Å²) in [5.74, 6) is 1.19. The zero-order valence-corrected chi connectivity index (χ0v) is 11.6. The summed E-state index contributed by atoms with van der Waals surface area (Å²) in [6.07, 6.45) is 8.84. The van der Waals surface area contributed by atoms with Crippen LogP contribution in [0, 0.1) is 5.92 Å². The van der Waals surface area contributed by atoms with Gasteiger partial charge in [0.1, 0.15) is 5.82 Å². The van der Waals surface area contributed by atoms with Gasteiger partial charge in [-0.25, -0.2) is 4.98 Å². The molecule has 0 spiro atoms. The van der Waals surface area contributed by atoms with Crippen molar-refractivity contribution < 1.29 is 4.79 Å². The predicted molar refractivity (Wildman–Crippen MR) is 76.9 cm³/mol. The highest BCUT2D eigenvalue weighted by Crippen LogP contribution is 2.19. The summed E-state index contributed by atoms with van der Waals surface area (Å²) in [6.45, 7) is 0.542. The molecule has 0 aliphatic heterocycles. The van der Waals surface area contributed by atoms with Crippen molar-refractivity contribution in [1.29, 1.82) is 0 Å². The molecule has 102 valence electrons. The average Bonchev–Trinajstić information content (AvgIpc) is 2.46. The van der Waals surface area contributed by atoms with Gasteiger partial charge in [-0.3, -0.25) is 4.79 Å². The van der Waals surface area contributed by atoms with Crippen LogP contribution < -0.4 is 10.2 Å². The Morgan fingerprint density at radius 3 is 3.00 bits per heavy atom. The number of nitrogens with one attached hydrogen (secondary N) is 1. The van der Waals surface area contributed by atoms with E-state index in [-0.39, 0.29) is 11.8 Å². The first kappa shape index (κ1) is 13.6. The van der Waals surface area contributed by atoms with Gasteiger partial charge in [-0.2, -0.15) is 0 Å².